The Morgan fingerprint density at radius 1 is 1.29 bits per heavy atom. The summed E-state index contributed by atoms with van der Waals surface area (Å²) in [5, 5.41) is 10.7. The molecule has 0 aliphatic carbocycles. The predicted molar refractivity (Wildman–Crippen MR) is 111 cm³/mol. The molecule has 0 spiro atoms. The fourth-order valence-electron chi connectivity index (χ4n) is 2.53. The molecule has 0 saturated carbocycles. The number of nitriles is 1. The van der Waals surface area contributed by atoms with Gasteiger partial charge in [0, 0.05) is 22.5 Å². The van der Waals surface area contributed by atoms with E-state index < -0.39 is 0 Å². The molecule has 1 N–H and O–H groups in total. The number of rotatable bonds is 6. The minimum absolute atomic E-state index is 0.111. The second-order valence-corrected chi connectivity index (χ2v) is 7.51. The van der Waals surface area contributed by atoms with E-state index >= 15 is 0 Å². The number of nitrogens with zero attached hydrogens (tertiary/aromatic N) is 2. The molecule has 0 atom stereocenters. The van der Waals surface area contributed by atoms with Crippen LogP contribution in [-0.2, 0) is 12.2 Å². The van der Waals surface area contributed by atoms with Crippen LogP contribution in [0.1, 0.15) is 29.2 Å². The monoisotopic (exact) mass is 411 g/mol. The van der Waals surface area contributed by atoms with Crippen LogP contribution in [-0.4, -0.2) is 9.97 Å². The van der Waals surface area contributed by atoms with Gasteiger partial charge in [-0.15, -0.1) is 0 Å². The highest BCUT2D eigenvalue weighted by molar-refractivity contribution is 7.98. The summed E-state index contributed by atoms with van der Waals surface area (Å²) in [5.74, 6) is 1.68. The molecular weight excluding hydrogens is 394 g/mol. The van der Waals surface area contributed by atoms with E-state index in [0.29, 0.717) is 45.0 Å². The number of thioether (sulfide) groups is 1. The zero-order valence-electron chi connectivity index (χ0n) is 15.5. The standard InChI is InChI=1S/C21H18ClN3O2S/c1-3-15-11-24-21(25-20(15)26)28-12-14-4-7-19(16(9-14)10-23)27-17-5-6-18(22)13(2)8-17/h4-9,11H,3,12H2,1-2H3,(H,24,25,26). The Morgan fingerprint density at radius 3 is 2.79 bits per heavy atom. The number of benzene rings is 2. The molecule has 5 nitrogen and oxygen atoms in total. The number of hydrogen-bond acceptors (Lipinski definition) is 5. The molecule has 0 aliphatic heterocycles. The van der Waals surface area contributed by atoms with Gasteiger partial charge in [0.2, 0.25) is 0 Å². The Balaban J connectivity index is 1.74. The minimum atomic E-state index is -0.111. The van der Waals surface area contributed by atoms with Crippen LogP contribution in [0, 0.1) is 18.3 Å². The first kappa shape index (κ1) is 20.0. The zero-order valence-corrected chi connectivity index (χ0v) is 17.0. The summed E-state index contributed by atoms with van der Waals surface area (Å²) in [7, 11) is 0. The first-order valence-electron chi connectivity index (χ1n) is 8.68. The Hall–Kier alpha value is -2.75. The largest absolute Gasteiger partial charge is 0.456 e. The highest BCUT2D eigenvalue weighted by Crippen LogP contribution is 2.30. The van der Waals surface area contributed by atoms with E-state index in [-0.39, 0.29) is 5.56 Å². The lowest BCUT2D eigenvalue weighted by molar-refractivity contribution is 0.480. The first-order chi connectivity index (χ1) is 13.5. The molecule has 2 aromatic carbocycles. The lowest BCUT2D eigenvalue weighted by atomic mass is 10.1. The van der Waals surface area contributed by atoms with Gasteiger partial charge in [-0.2, -0.15) is 5.26 Å². The second kappa shape index (κ2) is 8.96. The van der Waals surface area contributed by atoms with Crippen LogP contribution in [0.3, 0.4) is 0 Å². The third kappa shape index (κ3) is 4.75. The van der Waals surface area contributed by atoms with E-state index in [9.17, 15) is 10.1 Å². The van der Waals surface area contributed by atoms with Crippen LogP contribution in [0.4, 0.5) is 0 Å². The normalized spacial score (nSPS) is 10.5. The molecule has 142 valence electrons. The van der Waals surface area contributed by atoms with Crippen molar-refractivity contribution in [3.05, 3.63) is 80.2 Å². The maximum atomic E-state index is 11.9. The van der Waals surface area contributed by atoms with Crippen molar-refractivity contribution in [1.82, 2.24) is 9.97 Å². The summed E-state index contributed by atoms with van der Waals surface area (Å²) < 4.78 is 5.85. The number of H-pyrrole nitrogens is 1. The maximum Gasteiger partial charge on any atom is 0.254 e. The van der Waals surface area contributed by atoms with Crippen molar-refractivity contribution in [2.24, 2.45) is 0 Å². The van der Waals surface area contributed by atoms with E-state index in [0.717, 1.165) is 11.1 Å². The van der Waals surface area contributed by atoms with Crippen molar-refractivity contribution < 1.29 is 4.74 Å². The molecule has 0 fully saturated rings. The van der Waals surface area contributed by atoms with Crippen LogP contribution in [0.2, 0.25) is 5.02 Å². The number of hydrogen-bond donors (Lipinski definition) is 1. The van der Waals surface area contributed by atoms with E-state index in [1.165, 1.54) is 11.8 Å². The van der Waals surface area contributed by atoms with Crippen LogP contribution in [0.15, 0.2) is 52.5 Å². The molecule has 0 radical (unpaired) electrons. The van der Waals surface area contributed by atoms with Gasteiger partial charge in [-0.1, -0.05) is 36.4 Å². The lowest BCUT2D eigenvalue weighted by Crippen LogP contribution is -2.13. The quantitative estimate of drug-likeness (QED) is 0.442. The molecule has 0 saturated heterocycles. The number of aromatic nitrogens is 2. The number of aromatic amines is 1. The summed E-state index contributed by atoms with van der Waals surface area (Å²) >= 11 is 7.45. The highest BCUT2D eigenvalue weighted by Gasteiger charge is 2.09. The number of aryl methyl sites for hydroxylation is 2. The van der Waals surface area contributed by atoms with Gasteiger partial charge >= 0.3 is 0 Å². The van der Waals surface area contributed by atoms with Crippen LogP contribution in [0.25, 0.3) is 0 Å². The summed E-state index contributed by atoms with van der Waals surface area (Å²) in [6.45, 7) is 3.81. The van der Waals surface area contributed by atoms with Gasteiger partial charge in [-0.05, 0) is 54.8 Å². The zero-order chi connectivity index (χ0) is 20.1. The van der Waals surface area contributed by atoms with E-state index in [4.69, 9.17) is 16.3 Å². The molecule has 3 rings (SSSR count). The van der Waals surface area contributed by atoms with Gasteiger partial charge in [0.15, 0.2) is 5.16 Å². The van der Waals surface area contributed by atoms with Gasteiger partial charge < -0.3 is 9.72 Å². The molecule has 0 amide bonds. The van der Waals surface area contributed by atoms with Crippen molar-refractivity contribution >= 4 is 23.4 Å². The second-order valence-electron chi connectivity index (χ2n) is 6.14. The van der Waals surface area contributed by atoms with Crippen molar-refractivity contribution in [3.63, 3.8) is 0 Å². The third-order valence-corrected chi connectivity index (χ3v) is 5.51. The van der Waals surface area contributed by atoms with Gasteiger partial charge in [-0.3, -0.25) is 4.79 Å². The topological polar surface area (TPSA) is 78.8 Å². The van der Waals surface area contributed by atoms with Gasteiger partial charge in [-0.25, -0.2) is 4.98 Å². The maximum absolute atomic E-state index is 11.9. The van der Waals surface area contributed by atoms with Gasteiger partial charge in [0.25, 0.3) is 5.56 Å². The molecule has 1 aromatic heterocycles. The average Bonchev–Trinajstić information content (AvgIpc) is 2.70. The smallest absolute Gasteiger partial charge is 0.254 e. The summed E-state index contributed by atoms with van der Waals surface area (Å²) in [5.41, 5.74) is 2.83. The van der Waals surface area contributed by atoms with Crippen LogP contribution < -0.4 is 10.3 Å². The molecule has 0 aliphatic rings. The molecule has 0 unspecified atom stereocenters. The van der Waals surface area contributed by atoms with Crippen molar-refractivity contribution in [2.75, 3.05) is 0 Å². The fraction of sp³-hybridized carbons (Fsp3) is 0.190. The molecule has 3 aromatic rings. The Kier molecular flexibility index (Phi) is 6.40. The average molecular weight is 412 g/mol. The Bertz CT molecular complexity index is 1110. The highest BCUT2D eigenvalue weighted by atomic mass is 35.5. The molecule has 0 bridgehead atoms. The predicted octanol–water partition coefficient (Wildman–Crippen LogP) is 5.25. The van der Waals surface area contributed by atoms with E-state index in [1.54, 1.807) is 30.5 Å². The number of ether oxygens (including phenoxy) is 1. The van der Waals surface area contributed by atoms with E-state index in [1.807, 2.05) is 26.0 Å². The van der Waals surface area contributed by atoms with Crippen molar-refractivity contribution in [1.29, 1.82) is 5.26 Å². The summed E-state index contributed by atoms with van der Waals surface area (Å²) in [4.78, 5) is 18.9. The minimum Gasteiger partial charge on any atom is -0.456 e. The molecule has 28 heavy (non-hydrogen) atoms. The lowest BCUT2D eigenvalue weighted by Gasteiger charge is -2.10. The molecule has 1 heterocycles. The Labute approximate surface area is 172 Å². The SMILES string of the molecule is CCc1cnc(SCc2ccc(Oc3ccc(Cl)c(C)c3)c(C#N)c2)[nH]c1=O. The summed E-state index contributed by atoms with van der Waals surface area (Å²) in [6.07, 6.45) is 2.25. The van der Waals surface area contributed by atoms with Gasteiger partial charge in [0.05, 0.1) is 5.56 Å². The number of halogens is 1. The molecular formula is C21H18ClN3O2S. The molecule has 7 heteroatoms. The van der Waals surface area contributed by atoms with Crippen LogP contribution >= 0.6 is 23.4 Å². The fourth-order valence-corrected chi connectivity index (χ4v) is 3.43. The Morgan fingerprint density at radius 2 is 2.11 bits per heavy atom. The van der Waals surface area contributed by atoms with Crippen molar-refractivity contribution in [2.45, 2.75) is 31.2 Å². The summed E-state index contributed by atoms with van der Waals surface area (Å²) in [6, 6.07) is 13.0. The third-order valence-electron chi connectivity index (χ3n) is 4.13. The number of nitrogens with one attached hydrogen (secondary N) is 1. The first-order valence-corrected chi connectivity index (χ1v) is 10.0. The van der Waals surface area contributed by atoms with E-state index in [2.05, 4.69) is 16.0 Å². The van der Waals surface area contributed by atoms with Gasteiger partial charge in [0.1, 0.15) is 17.6 Å². The van der Waals surface area contributed by atoms with Crippen molar-refractivity contribution in [3.8, 4) is 17.6 Å². The van der Waals surface area contributed by atoms with Crippen LogP contribution in [0.5, 0.6) is 11.5 Å².